The van der Waals surface area contributed by atoms with Crippen LogP contribution < -0.4 is 15.4 Å². The molecular weight excluding hydrogens is 467 g/mol. The summed E-state index contributed by atoms with van der Waals surface area (Å²) in [7, 11) is 0. The Balaban J connectivity index is 1.61. The second kappa shape index (κ2) is 9.23. The van der Waals surface area contributed by atoms with Gasteiger partial charge in [0, 0.05) is 30.1 Å². The number of rotatable bonds is 5. The molecule has 2 N–H and O–H groups in total. The van der Waals surface area contributed by atoms with Gasteiger partial charge in [-0.1, -0.05) is 31.0 Å². The maximum Gasteiger partial charge on any atom is 0.573 e. The third-order valence-electron chi connectivity index (χ3n) is 6.68. The molecule has 2 amide bonds. The van der Waals surface area contributed by atoms with Crippen LogP contribution >= 0.6 is 0 Å². The highest BCUT2D eigenvalue weighted by atomic mass is 19.4. The third kappa shape index (κ3) is 4.69. The van der Waals surface area contributed by atoms with Crippen LogP contribution in [0.3, 0.4) is 0 Å². The summed E-state index contributed by atoms with van der Waals surface area (Å²) >= 11 is 0. The van der Waals surface area contributed by atoms with Crippen molar-refractivity contribution in [3.05, 3.63) is 53.4 Å². The number of benzene rings is 1. The summed E-state index contributed by atoms with van der Waals surface area (Å²) in [4.78, 5) is 28.4. The molecule has 1 fully saturated rings. The summed E-state index contributed by atoms with van der Waals surface area (Å²) in [5, 5.41) is 13.6. The normalized spacial score (nSPS) is 24.3. The van der Waals surface area contributed by atoms with Crippen LogP contribution in [0.4, 0.5) is 13.2 Å². The van der Waals surface area contributed by atoms with Gasteiger partial charge in [0.15, 0.2) is 0 Å². The van der Waals surface area contributed by atoms with Gasteiger partial charge in [0.25, 0.3) is 5.91 Å². The van der Waals surface area contributed by atoms with Gasteiger partial charge in [0.2, 0.25) is 18.2 Å². The largest absolute Gasteiger partial charge is 0.573 e. The number of carbonyl (C=O) groups is 2. The van der Waals surface area contributed by atoms with Crippen molar-refractivity contribution < 1.29 is 31.9 Å². The summed E-state index contributed by atoms with van der Waals surface area (Å²) in [6.07, 6.45) is -0.364. The number of hydrogen-bond acceptors (Lipinski definition) is 7. The van der Waals surface area contributed by atoms with Crippen molar-refractivity contribution in [3.8, 4) is 5.75 Å². The van der Waals surface area contributed by atoms with Gasteiger partial charge < -0.3 is 24.7 Å². The average molecular weight is 491 g/mol. The van der Waals surface area contributed by atoms with Gasteiger partial charge in [-0.05, 0) is 18.9 Å². The SMILES string of the molecule is O=C1NCC2=C1[C@@H](c1ccccc1OC(F)(F)F)N(C(=O)CCc1nnco1)[C@@H]1CCCC[C@H]1N2. The van der Waals surface area contributed by atoms with Gasteiger partial charge in [-0.3, -0.25) is 9.59 Å². The standard InChI is InChI=1S/C23H24F3N5O4/c24-23(25,26)35-17-8-4-1-5-13(17)21-20-15(11-27-22(20)33)29-14-6-2-3-7-16(14)31(21)19(32)10-9-18-30-28-12-34-18/h1,4-5,8,12,14,16,21,29H,2-3,6-7,9-11H2,(H,27,33)/t14-,16-,21-/m1/s1. The van der Waals surface area contributed by atoms with E-state index < -0.39 is 24.1 Å². The number of aromatic nitrogens is 2. The number of amides is 2. The van der Waals surface area contributed by atoms with E-state index in [2.05, 4.69) is 25.6 Å². The van der Waals surface area contributed by atoms with Gasteiger partial charge in [-0.2, -0.15) is 0 Å². The molecule has 186 valence electrons. The predicted octanol–water partition coefficient (Wildman–Crippen LogP) is 2.77. The lowest BCUT2D eigenvalue weighted by Gasteiger charge is -2.43. The van der Waals surface area contributed by atoms with Crippen molar-refractivity contribution in [2.75, 3.05) is 6.54 Å². The number of carbonyl (C=O) groups excluding carboxylic acids is 2. The maximum absolute atomic E-state index is 13.8. The number of hydrogen-bond donors (Lipinski definition) is 2. The fourth-order valence-corrected chi connectivity index (χ4v) is 5.29. The molecule has 1 aromatic heterocycles. The molecule has 12 heteroatoms. The van der Waals surface area contributed by atoms with E-state index in [0.717, 1.165) is 19.3 Å². The molecule has 0 radical (unpaired) electrons. The lowest BCUT2D eigenvalue weighted by molar-refractivity contribution is -0.275. The maximum atomic E-state index is 13.8. The first-order chi connectivity index (χ1) is 16.8. The van der Waals surface area contributed by atoms with Crippen LogP contribution in [0.25, 0.3) is 0 Å². The molecule has 5 rings (SSSR count). The molecule has 9 nitrogen and oxygen atoms in total. The van der Waals surface area contributed by atoms with E-state index in [4.69, 9.17) is 4.42 Å². The van der Waals surface area contributed by atoms with Crippen LogP contribution in [0.2, 0.25) is 0 Å². The highest BCUT2D eigenvalue weighted by Gasteiger charge is 2.47. The van der Waals surface area contributed by atoms with Crippen LogP contribution in [0, 0.1) is 0 Å². The van der Waals surface area contributed by atoms with E-state index in [-0.39, 0.29) is 54.4 Å². The minimum atomic E-state index is -4.94. The number of nitrogens with zero attached hydrogens (tertiary/aromatic N) is 3. The summed E-state index contributed by atoms with van der Waals surface area (Å²) in [6, 6.07) is 4.17. The number of aryl methyl sites for hydroxylation is 1. The zero-order valence-corrected chi connectivity index (χ0v) is 18.7. The Bertz CT molecular complexity index is 1130. The first-order valence-electron chi connectivity index (χ1n) is 11.5. The predicted molar refractivity (Wildman–Crippen MR) is 115 cm³/mol. The van der Waals surface area contributed by atoms with Crippen molar-refractivity contribution in [3.63, 3.8) is 0 Å². The van der Waals surface area contributed by atoms with E-state index in [1.54, 1.807) is 11.0 Å². The first-order valence-corrected chi connectivity index (χ1v) is 11.5. The molecule has 1 aromatic carbocycles. The van der Waals surface area contributed by atoms with E-state index in [9.17, 15) is 22.8 Å². The Labute approximate surface area is 198 Å². The van der Waals surface area contributed by atoms with Gasteiger partial charge in [-0.25, -0.2) is 0 Å². The monoisotopic (exact) mass is 491 g/mol. The fourth-order valence-electron chi connectivity index (χ4n) is 5.29. The number of fused-ring (bicyclic) bond motifs is 1. The van der Waals surface area contributed by atoms with Crippen LogP contribution in [0.5, 0.6) is 5.75 Å². The van der Waals surface area contributed by atoms with Crippen molar-refractivity contribution in [2.45, 2.75) is 63.0 Å². The highest BCUT2D eigenvalue weighted by Crippen LogP contribution is 2.44. The van der Waals surface area contributed by atoms with E-state index in [0.29, 0.717) is 12.1 Å². The van der Waals surface area contributed by atoms with Crippen LogP contribution in [0.1, 0.15) is 49.6 Å². The molecule has 0 bridgehead atoms. The second-order valence-electron chi connectivity index (χ2n) is 8.80. The third-order valence-corrected chi connectivity index (χ3v) is 6.68. The summed E-state index contributed by atoms with van der Waals surface area (Å²) < 4.78 is 49.4. The molecule has 35 heavy (non-hydrogen) atoms. The number of nitrogens with one attached hydrogen (secondary N) is 2. The molecule has 1 aliphatic carbocycles. The zero-order chi connectivity index (χ0) is 24.6. The van der Waals surface area contributed by atoms with Gasteiger partial charge in [-0.15, -0.1) is 23.4 Å². The van der Waals surface area contributed by atoms with Crippen molar-refractivity contribution in [1.82, 2.24) is 25.7 Å². The van der Waals surface area contributed by atoms with Gasteiger partial charge >= 0.3 is 6.36 Å². The minimum absolute atomic E-state index is 0.00552. The molecular formula is C23H24F3N5O4. The number of ether oxygens (including phenoxy) is 1. The Morgan fingerprint density at radius 2 is 2.03 bits per heavy atom. The van der Waals surface area contributed by atoms with Crippen molar-refractivity contribution in [1.29, 1.82) is 0 Å². The minimum Gasteiger partial charge on any atom is -0.428 e. The molecule has 0 unspecified atom stereocenters. The van der Waals surface area contributed by atoms with Crippen LogP contribution in [-0.2, 0) is 16.0 Å². The quantitative estimate of drug-likeness (QED) is 0.662. The highest BCUT2D eigenvalue weighted by molar-refractivity contribution is 5.99. The van der Waals surface area contributed by atoms with Crippen LogP contribution in [0.15, 0.2) is 46.3 Å². The number of para-hydroxylation sites is 1. The first kappa shape index (κ1) is 23.2. The zero-order valence-electron chi connectivity index (χ0n) is 18.7. The van der Waals surface area contributed by atoms with E-state index >= 15 is 0 Å². The van der Waals surface area contributed by atoms with Gasteiger partial charge in [0.05, 0.1) is 24.2 Å². The smallest absolute Gasteiger partial charge is 0.428 e. The van der Waals surface area contributed by atoms with Crippen LogP contribution in [-0.4, -0.2) is 51.9 Å². The molecule has 3 aliphatic rings. The molecule has 2 aliphatic heterocycles. The molecule has 2 aromatic rings. The van der Waals surface area contributed by atoms with E-state index in [1.165, 1.54) is 24.6 Å². The molecule has 0 saturated heterocycles. The lowest BCUT2D eigenvalue weighted by Crippen LogP contribution is -2.53. The Kier molecular flexibility index (Phi) is 6.12. The molecule has 1 saturated carbocycles. The Hall–Kier alpha value is -3.57. The average Bonchev–Trinajstić information content (AvgIpc) is 3.43. The fraction of sp³-hybridized carbons (Fsp3) is 0.478. The van der Waals surface area contributed by atoms with Gasteiger partial charge in [0.1, 0.15) is 5.75 Å². The Morgan fingerprint density at radius 1 is 1.23 bits per heavy atom. The Morgan fingerprint density at radius 3 is 2.80 bits per heavy atom. The van der Waals surface area contributed by atoms with Crippen molar-refractivity contribution in [2.24, 2.45) is 0 Å². The lowest BCUT2D eigenvalue weighted by atomic mass is 9.87. The summed E-state index contributed by atoms with van der Waals surface area (Å²) in [5.74, 6) is -0.905. The topological polar surface area (TPSA) is 110 Å². The van der Waals surface area contributed by atoms with Crippen molar-refractivity contribution >= 4 is 11.8 Å². The molecule has 3 atom stereocenters. The molecule has 3 heterocycles. The van der Waals surface area contributed by atoms with E-state index in [1.807, 2.05) is 0 Å². The second-order valence-corrected chi connectivity index (χ2v) is 8.80. The number of alkyl halides is 3. The summed E-state index contributed by atoms with van der Waals surface area (Å²) in [6.45, 7) is 0.222. The summed E-state index contributed by atoms with van der Waals surface area (Å²) in [5.41, 5.74) is 0.947. The molecule has 0 spiro atoms. The number of halogens is 3.